The molecule has 0 saturated carbocycles. The van der Waals surface area contributed by atoms with E-state index >= 15 is 0 Å². The largest absolute Gasteiger partial charge is 0.338 e. The third-order valence-electron chi connectivity index (χ3n) is 14.6. The van der Waals surface area contributed by atoms with Gasteiger partial charge in [-0.2, -0.15) is 10.2 Å². The number of hydrogen-bond acceptors (Lipinski definition) is 9. The number of halogens is 2. The minimum Gasteiger partial charge on any atom is -0.338 e. The average Bonchev–Trinajstić information content (AvgIpc) is 4.00. The SMILES string of the molecule is CC(=O)N1CCc2c(c(N3CCCc4cc(-c5cnn(C)c5)c(C(F)F)cc43)nn2C2CCN(CCN3CCC(C#Cc4cccc5c4n(C)c(=O)n5C4CCC(=O)NC4=O)CC3)CC2)C1. The fourth-order valence-electron chi connectivity index (χ4n) is 11.0. The number of nitrogens with one attached hydrogen (secondary N) is 1. The van der Waals surface area contributed by atoms with Gasteiger partial charge in [0.2, 0.25) is 17.7 Å². The van der Waals surface area contributed by atoms with Crippen LogP contribution in [0.25, 0.3) is 22.2 Å². The molecule has 8 heterocycles. The number of amides is 3. The second-order valence-corrected chi connectivity index (χ2v) is 18.7. The smallest absolute Gasteiger partial charge is 0.329 e. The van der Waals surface area contributed by atoms with Crippen LogP contribution in [0.5, 0.6) is 0 Å². The molecule has 10 rings (SSSR count). The number of rotatable bonds is 8. The van der Waals surface area contributed by atoms with E-state index in [4.69, 9.17) is 5.10 Å². The fourth-order valence-corrected chi connectivity index (χ4v) is 11.0. The molecule has 3 saturated heterocycles. The average molecular weight is 902 g/mol. The Hall–Kier alpha value is -6.12. The van der Waals surface area contributed by atoms with Crippen LogP contribution in [0.2, 0.25) is 0 Å². The molecule has 66 heavy (non-hydrogen) atoms. The van der Waals surface area contributed by atoms with Crippen molar-refractivity contribution in [1.29, 1.82) is 0 Å². The number of anilines is 2. The highest BCUT2D eigenvalue weighted by atomic mass is 19.3. The van der Waals surface area contributed by atoms with E-state index < -0.39 is 18.4 Å². The number of likely N-dealkylation sites (tertiary alicyclic amines) is 2. The van der Waals surface area contributed by atoms with Crippen LogP contribution < -0.4 is 15.9 Å². The first-order valence-electron chi connectivity index (χ1n) is 23.5. The Morgan fingerprint density at radius 3 is 2.38 bits per heavy atom. The summed E-state index contributed by atoms with van der Waals surface area (Å²) in [5, 5.41) is 12.0. The summed E-state index contributed by atoms with van der Waals surface area (Å²) in [7, 11) is 3.49. The number of benzene rings is 2. The zero-order valence-electron chi connectivity index (χ0n) is 37.9. The summed E-state index contributed by atoms with van der Waals surface area (Å²) in [5.74, 6) is 7.16. The zero-order valence-corrected chi connectivity index (χ0v) is 37.9. The lowest BCUT2D eigenvalue weighted by Gasteiger charge is -2.36. The Morgan fingerprint density at radius 1 is 0.924 bits per heavy atom. The highest BCUT2D eigenvalue weighted by Crippen LogP contribution is 2.44. The molecular formula is C49H57F2N11O4. The number of hydrogen-bond donors (Lipinski definition) is 1. The molecule has 0 bridgehead atoms. The van der Waals surface area contributed by atoms with E-state index in [2.05, 4.69) is 41.6 Å². The molecule has 3 amide bonds. The van der Waals surface area contributed by atoms with Gasteiger partial charge in [0.05, 0.1) is 35.4 Å². The summed E-state index contributed by atoms with van der Waals surface area (Å²) >= 11 is 0. The normalized spacial score (nSPS) is 20.1. The van der Waals surface area contributed by atoms with Crippen LogP contribution in [0.15, 0.2) is 47.5 Å². The van der Waals surface area contributed by atoms with Gasteiger partial charge in [0.15, 0.2) is 5.82 Å². The maximum absolute atomic E-state index is 14.7. The molecular weight excluding hydrogens is 845 g/mol. The lowest BCUT2D eigenvalue weighted by atomic mass is 9.92. The molecule has 0 spiro atoms. The first-order valence-corrected chi connectivity index (χ1v) is 23.5. The Morgan fingerprint density at radius 2 is 1.68 bits per heavy atom. The minimum atomic E-state index is -2.66. The predicted molar refractivity (Wildman–Crippen MR) is 245 cm³/mol. The van der Waals surface area contributed by atoms with Crippen molar-refractivity contribution in [1.82, 2.24) is 48.7 Å². The molecule has 1 atom stereocenters. The van der Waals surface area contributed by atoms with Crippen molar-refractivity contribution in [3.63, 3.8) is 0 Å². The van der Waals surface area contributed by atoms with Gasteiger partial charge in [0.25, 0.3) is 6.43 Å². The van der Waals surface area contributed by atoms with Gasteiger partial charge in [-0.05, 0) is 93.4 Å². The van der Waals surface area contributed by atoms with Crippen molar-refractivity contribution in [3.8, 4) is 23.0 Å². The fraction of sp³-hybridized carbons (Fsp3) is 0.510. The topological polar surface area (TPSA) is 139 Å². The standard InChI is InChI=1S/C49H57F2N11O4/c1-31(63)59-23-17-40-39(30-59)47(60-18-5-7-34-26-37(35-28-52-55(2)29-35)38(46(50)51)27-43(34)60)54-62(40)36-15-21-58(22-16-36)25-24-57-19-13-32(14-20-57)9-10-33-6-4-8-41-45(33)56(3)49(66)61(41)42-11-12-44(64)53-48(42)65/h4,6,8,26-29,32,36,42,46H,5,7,11-25,30H2,1-3H3,(H,53,64,65). The van der Waals surface area contributed by atoms with Gasteiger partial charge in [-0.3, -0.25) is 38.2 Å². The van der Waals surface area contributed by atoms with Crippen LogP contribution in [0, 0.1) is 17.8 Å². The Balaban J connectivity index is 0.783. The van der Waals surface area contributed by atoms with E-state index in [1.165, 1.54) is 4.57 Å². The molecule has 2 aromatic carbocycles. The Bertz CT molecular complexity index is 2830. The van der Waals surface area contributed by atoms with Crippen LogP contribution in [0.1, 0.15) is 98.3 Å². The second-order valence-electron chi connectivity index (χ2n) is 18.7. The second kappa shape index (κ2) is 17.9. The van der Waals surface area contributed by atoms with E-state index in [0.29, 0.717) is 48.2 Å². The number of carbonyl (C=O) groups is 3. The molecule has 5 aromatic rings. The van der Waals surface area contributed by atoms with Crippen LogP contribution in [0.3, 0.4) is 0 Å². The molecule has 0 aliphatic carbocycles. The lowest BCUT2D eigenvalue weighted by molar-refractivity contribution is -0.135. The number of imide groups is 1. The summed E-state index contributed by atoms with van der Waals surface area (Å²) in [4.78, 5) is 59.6. The van der Waals surface area contributed by atoms with Gasteiger partial charge in [-0.15, -0.1) is 0 Å². The third-order valence-corrected chi connectivity index (χ3v) is 14.6. The molecule has 3 fully saturated rings. The molecule has 15 nitrogen and oxygen atoms in total. The number of fused-ring (bicyclic) bond motifs is 3. The van der Waals surface area contributed by atoms with Crippen molar-refractivity contribution in [2.75, 3.05) is 57.3 Å². The number of piperidine rings is 3. The van der Waals surface area contributed by atoms with E-state index in [9.17, 15) is 28.0 Å². The summed E-state index contributed by atoms with van der Waals surface area (Å²) in [6.07, 6.45) is 7.43. The van der Waals surface area contributed by atoms with Crippen molar-refractivity contribution in [2.24, 2.45) is 20.0 Å². The van der Waals surface area contributed by atoms with Gasteiger partial charge in [0.1, 0.15) is 6.04 Å². The summed E-state index contributed by atoms with van der Waals surface area (Å²) in [6, 6.07) is 8.67. The van der Waals surface area contributed by atoms with Gasteiger partial charge in [-0.1, -0.05) is 17.9 Å². The van der Waals surface area contributed by atoms with Crippen molar-refractivity contribution >= 4 is 40.3 Å². The molecule has 346 valence electrons. The van der Waals surface area contributed by atoms with Gasteiger partial charge in [0, 0.05) is 113 Å². The Kier molecular flexibility index (Phi) is 11.9. The van der Waals surface area contributed by atoms with E-state index in [1.54, 1.807) is 48.7 Å². The summed E-state index contributed by atoms with van der Waals surface area (Å²) in [6.45, 7) is 9.17. The molecule has 5 aliphatic rings. The van der Waals surface area contributed by atoms with E-state index in [0.717, 1.165) is 112 Å². The van der Waals surface area contributed by atoms with Gasteiger partial charge >= 0.3 is 5.69 Å². The molecule has 0 radical (unpaired) electrons. The maximum Gasteiger partial charge on any atom is 0.329 e. The van der Waals surface area contributed by atoms with Crippen LogP contribution in [-0.4, -0.2) is 113 Å². The molecule has 5 aliphatic heterocycles. The summed E-state index contributed by atoms with van der Waals surface area (Å²) in [5.41, 5.74) is 6.94. The number of aromatic nitrogens is 6. The first-order chi connectivity index (χ1) is 31.9. The number of aryl methyl sites for hydroxylation is 3. The van der Waals surface area contributed by atoms with Crippen LogP contribution in [-0.2, 0) is 47.9 Å². The maximum atomic E-state index is 14.7. The van der Waals surface area contributed by atoms with Gasteiger partial charge < -0.3 is 19.6 Å². The summed E-state index contributed by atoms with van der Waals surface area (Å²) < 4.78 is 36.4. The van der Waals surface area contributed by atoms with Crippen molar-refractivity contribution in [2.45, 2.75) is 89.8 Å². The number of carbonyl (C=O) groups excluding carboxylic acids is 3. The predicted octanol–water partition coefficient (Wildman–Crippen LogP) is 5.24. The van der Waals surface area contributed by atoms with Crippen molar-refractivity contribution < 1.29 is 23.2 Å². The minimum absolute atomic E-state index is 0.0146. The molecule has 1 N–H and O–H groups in total. The highest BCUT2D eigenvalue weighted by molar-refractivity contribution is 6.00. The zero-order chi connectivity index (χ0) is 45.8. The molecule has 1 unspecified atom stereocenters. The van der Waals surface area contributed by atoms with Gasteiger partial charge in [-0.25, -0.2) is 13.6 Å². The van der Waals surface area contributed by atoms with Crippen LogP contribution >= 0.6 is 0 Å². The van der Waals surface area contributed by atoms with E-state index in [1.807, 2.05) is 29.2 Å². The quantitative estimate of drug-likeness (QED) is 0.164. The Labute approximate surface area is 382 Å². The number of nitrogens with zero attached hydrogens (tertiary/aromatic N) is 10. The number of para-hydroxylation sites is 1. The molecule has 17 heteroatoms. The van der Waals surface area contributed by atoms with Crippen molar-refractivity contribution in [3.05, 3.63) is 81.2 Å². The first kappa shape index (κ1) is 43.8. The highest BCUT2D eigenvalue weighted by Gasteiger charge is 2.36. The number of imidazole rings is 1. The van der Waals surface area contributed by atoms with Crippen LogP contribution in [0.4, 0.5) is 20.3 Å². The van der Waals surface area contributed by atoms with E-state index in [-0.39, 0.29) is 47.9 Å². The molecule has 3 aromatic heterocycles. The number of alkyl halides is 2. The third kappa shape index (κ3) is 8.23. The monoisotopic (exact) mass is 901 g/mol. The lowest BCUT2D eigenvalue weighted by Crippen LogP contribution is -2.44.